The van der Waals surface area contributed by atoms with Crippen LogP contribution in [0.5, 0.6) is 0 Å². The summed E-state index contributed by atoms with van der Waals surface area (Å²) >= 11 is 1.47. The van der Waals surface area contributed by atoms with Gasteiger partial charge in [-0.05, 0) is 24.3 Å². The largest absolute Gasteiger partial charge is 0.459 e. The quantitative estimate of drug-likeness (QED) is 0.525. The summed E-state index contributed by atoms with van der Waals surface area (Å²) in [4.78, 5) is 33.4. The number of nitrogens with one attached hydrogen (secondary N) is 2. The van der Waals surface area contributed by atoms with Crippen molar-refractivity contribution in [1.29, 1.82) is 0 Å². The van der Waals surface area contributed by atoms with E-state index in [0.717, 1.165) is 4.90 Å². The van der Waals surface area contributed by atoms with Crippen LogP contribution >= 0.6 is 11.8 Å². The summed E-state index contributed by atoms with van der Waals surface area (Å²) in [6.45, 7) is 0. The first-order valence-corrected chi connectivity index (χ1v) is 8.68. The van der Waals surface area contributed by atoms with Crippen molar-refractivity contribution in [3.05, 3.63) is 76.9 Å². The number of nitrogens with zero attached hydrogens (tertiary/aromatic N) is 3. The molecule has 0 unspecified atom stereocenters. The molecule has 130 valence electrons. The maximum atomic E-state index is 12.2. The van der Waals surface area contributed by atoms with E-state index in [1.807, 2.05) is 24.3 Å². The zero-order valence-electron chi connectivity index (χ0n) is 13.4. The Morgan fingerprint density at radius 2 is 2.15 bits per heavy atom. The summed E-state index contributed by atoms with van der Waals surface area (Å²) in [5.74, 6) is 0.708. The molecule has 2 N–H and O–H groups in total. The minimum Gasteiger partial charge on any atom is -0.459 e. The van der Waals surface area contributed by atoms with Crippen molar-refractivity contribution in [2.24, 2.45) is 0 Å². The Bertz CT molecular complexity index is 1120. The zero-order valence-corrected chi connectivity index (χ0v) is 14.2. The van der Waals surface area contributed by atoms with E-state index < -0.39 is 0 Å². The second-order valence-electron chi connectivity index (χ2n) is 5.32. The first-order valence-electron chi connectivity index (χ1n) is 7.69. The summed E-state index contributed by atoms with van der Waals surface area (Å²) < 4.78 is 6.38. The van der Waals surface area contributed by atoms with E-state index in [1.165, 1.54) is 34.9 Å². The standard InChI is InChI=1S/C17H13N5O3S/c23-15-8-11(20-17-18-10-19-22(15)17)9-26-14-6-2-1-4-12(14)21-16(24)13-5-3-7-25-13/h1-8,10H,9H2,(H,21,24)(H,18,19,20). The highest BCUT2D eigenvalue weighted by molar-refractivity contribution is 7.98. The van der Waals surface area contributed by atoms with Gasteiger partial charge in [-0.3, -0.25) is 14.7 Å². The van der Waals surface area contributed by atoms with Gasteiger partial charge in [0.1, 0.15) is 6.33 Å². The van der Waals surface area contributed by atoms with Crippen molar-refractivity contribution in [3.8, 4) is 0 Å². The van der Waals surface area contributed by atoms with Crippen LogP contribution in [0.25, 0.3) is 5.78 Å². The lowest BCUT2D eigenvalue weighted by atomic mass is 10.3. The fourth-order valence-corrected chi connectivity index (χ4v) is 3.28. The monoisotopic (exact) mass is 367 g/mol. The molecular weight excluding hydrogens is 354 g/mol. The maximum Gasteiger partial charge on any atom is 0.291 e. The third kappa shape index (κ3) is 3.24. The normalized spacial score (nSPS) is 10.9. The van der Waals surface area contributed by atoms with Crippen LogP contribution in [-0.2, 0) is 5.75 Å². The SMILES string of the molecule is O=C(Nc1ccccc1SCc1cc(=O)n2[nH]cnc2n1)c1ccco1. The van der Waals surface area contributed by atoms with E-state index in [2.05, 4.69) is 20.4 Å². The molecular formula is C17H13N5O3S. The minimum absolute atomic E-state index is 0.220. The molecule has 8 nitrogen and oxygen atoms in total. The van der Waals surface area contributed by atoms with Gasteiger partial charge in [-0.2, -0.15) is 4.52 Å². The van der Waals surface area contributed by atoms with E-state index in [4.69, 9.17) is 4.42 Å². The lowest BCUT2D eigenvalue weighted by molar-refractivity contribution is 0.0996. The van der Waals surface area contributed by atoms with E-state index in [1.54, 1.807) is 12.1 Å². The van der Waals surface area contributed by atoms with E-state index in [9.17, 15) is 9.59 Å². The Labute approximate surface area is 151 Å². The maximum absolute atomic E-state index is 12.2. The molecule has 9 heteroatoms. The first-order chi connectivity index (χ1) is 12.7. The van der Waals surface area contributed by atoms with Gasteiger partial charge in [0, 0.05) is 16.7 Å². The molecule has 0 fully saturated rings. The van der Waals surface area contributed by atoms with Gasteiger partial charge in [-0.15, -0.1) is 11.8 Å². The molecule has 4 rings (SSSR count). The van der Waals surface area contributed by atoms with Crippen LogP contribution in [0, 0.1) is 0 Å². The van der Waals surface area contributed by atoms with Crippen LogP contribution in [0.2, 0.25) is 0 Å². The summed E-state index contributed by atoms with van der Waals surface area (Å²) in [7, 11) is 0. The molecule has 26 heavy (non-hydrogen) atoms. The van der Waals surface area contributed by atoms with Crippen molar-refractivity contribution in [3.63, 3.8) is 0 Å². The number of benzene rings is 1. The van der Waals surface area contributed by atoms with Crippen LogP contribution in [0.3, 0.4) is 0 Å². The van der Waals surface area contributed by atoms with Gasteiger partial charge in [0.2, 0.25) is 0 Å². The molecule has 0 aliphatic heterocycles. The molecule has 0 aliphatic rings. The highest BCUT2D eigenvalue weighted by Crippen LogP contribution is 2.29. The summed E-state index contributed by atoms with van der Waals surface area (Å²) in [6, 6.07) is 12.1. The predicted octanol–water partition coefficient (Wildman–Crippen LogP) is 2.56. The number of fused-ring (bicyclic) bond motifs is 1. The van der Waals surface area contributed by atoms with Crippen LogP contribution in [0.1, 0.15) is 16.2 Å². The van der Waals surface area contributed by atoms with E-state index in [0.29, 0.717) is 22.9 Å². The Kier molecular flexibility index (Phi) is 4.28. The summed E-state index contributed by atoms with van der Waals surface area (Å²) in [5, 5.41) is 5.53. The van der Waals surface area contributed by atoms with Crippen molar-refractivity contribution in [1.82, 2.24) is 19.6 Å². The van der Waals surface area contributed by atoms with Gasteiger partial charge in [0.05, 0.1) is 17.6 Å². The lowest BCUT2D eigenvalue weighted by Gasteiger charge is -2.09. The number of furan rings is 1. The van der Waals surface area contributed by atoms with Crippen LogP contribution in [0.4, 0.5) is 5.69 Å². The molecule has 1 aromatic carbocycles. The smallest absolute Gasteiger partial charge is 0.291 e. The molecule has 0 atom stereocenters. The van der Waals surface area contributed by atoms with Gasteiger partial charge in [-0.25, -0.2) is 9.97 Å². The average Bonchev–Trinajstić information content (AvgIpc) is 3.33. The molecule has 0 saturated carbocycles. The number of thioether (sulfide) groups is 1. The highest BCUT2D eigenvalue weighted by Gasteiger charge is 2.12. The molecule has 3 aromatic heterocycles. The molecule has 4 aromatic rings. The van der Waals surface area contributed by atoms with Crippen molar-refractivity contribution >= 4 is 29.1 Å². The second kappa shape index (κ2) is 6.89. The lowest BCUT2D eigenvalue weighted by Crippen LogP contribution is -2.15. The van der Waals surface area contributed by atoms with Gasteiger partial charge in [0.25, 0.3) is 17.2 Å². The van der Waals surface area contributed by atoms with E-state index >= 15 is 0 Å². The fraction of sp³-hybridized carbons (Fsp3) is 0.0588. The number of aromatic nitrogens is 4. The second-order valence-corrected chi connectivity index (χ2v) is 6.34. The topological polar surface area (TPSA) is 105 Å². The number of hydrogen-bond acceptors (Lipinski definition) is 6. The Balaban J connectivity index is 1.53. The number of amides is 1. The Morgan fingerprint density at radius 3 is 3.00 bits per heavy atom. The van der Waals surface area contributed by atoms with Crippen molar-refractivity contribution in [2.45, 2.75) is 10.6 Å². The molecule has 0 aliphatic carbocycles. The first kappa shape index (κ1) is 16.2. The van der Waals surface area contributed by atoms with Crippen molar-refractivity contribution in [2.75, 3.05) is 5.32 Å². The number of aromatic amines is 1. The fourth-order valence-electron chi connectivity index (χ4n) is 2.38. The predicted molar refractivity (Wildman–Crippen MR) is 96.3 cm³/mol. The third-order valence-electron chi connectivity index (χ3n) is 3.58. The summed E-state index contributed by atoms with van der Waals surface area (Å²) in [6.07, 6.45) is 2.87. The van der Waals surface area contributed by atoms with Crippen LogP contribution in [-0.4, -0.2) is 25.5 Å². The van der Waals surface area contributed by atoms with Crippen molar-refractivity contribution < 1.29 is 9.21 Å². The molecule has 0 radical (unpaired) electrons. The number of anilines is 1. The minimum atomic E-state index is -0.322. The molecule has 0 bridgehead atoms. The number of rotatable bonds is 5. The number of hydrogen-bond donors (Lipinski definition) is 2. The summed E-state index contributed by atoms with van der Waals surface area (Å²) in [5.41, 5.74) is 1.05. The highest BCUT2D eigenvalue weighted by atomic mass is 32.2. The Hall–Kier alpha value is -3.33. The average molecular weight is 367 g/mol. The number of H-pyrrole nitrogens is 1. The van der Waals surface area contributed by atoms with Gasteiger partial charge in [-0.1, -0.05) is 12.1 Å². The number of carbonyl (C=O) groups excluding carboxylic acids is 1. The van der Waals surface area contributed by atoms with Crippen LogP contribution < -0.4 is 10.9 Å². The van der Waals surface area contributed by atoms with Gasteiger partial charge in [0.15, 0.2) is 5.76 Å². The molecule has 0 saturated heterocycles. The Morgan fingerprint density at radius 1 is 1.27 bits per heavy atom. The van der Waals surface area contributed by atoms with Gasteiger partial charge >= 0.3 is 0 Å². The molecule has 0 spiro atoms. The van der Waals surface area contributed by atoms with E-state index in [-0.39, 0.29) is 17.2 Å². The third-order valence-corrected chi connectivity index (χ3v) is 4.68. The van der Waals surface area contributed by atoms with Gasteiger partial charge < -0.3 is 9.73 Å². The number of para-hydroxylation sites is 1. The molecule has 3 heterocycles. The zero-order chi connectivity index (χ0) is 17.9. The molecule has 1 amide bonds. The number of carbonyl (C=O) groups is 1. The van der Waals surface area contributed by atoms with Crippen LogP contribution in [0.15, 0.2) is 69.2 Å².